The first-order valence-corrected chi connectivity index (χ1v) is 9.76. The molecule has 6 heteroatoms. The zero-order chi connectivity index (χ0) is 19.0. The average molecular weight is 370 g/mol. The van der Waals surface area contributed by atoms with Gasteiger partial charge in [-0.1, -0.05) is 31.0 Å². The van der Waals surface area contributed by atoms with Gasteiger partial charge in [-0.15, -0.1) is 0 Å². The highest BCUT2D eigenvalue weighted by molar-refractivity contribution is 5.79. The lowest BCUT2D eigenvalue weighted by atomic mass is 9.83. The molecular weight excluding hydrogens is 338 g/mol. The van der Waals surface area contributed by atoms with Gasteiger partial charge in [0.15, 0.2) is 5.96 Å². The zero-order valence-corrected chi connectivity index (χ0v) is 16.4. The molecule has 0 atom stereocenters. The van der Waals surface area contributed by atoms with E-state index in [0.717, 1.165) is 31.2 Å². The molecule has 1 saturated carbocycles. The molecule has 1 aliphatic rings. The number of aromatic nitrogens is 2. The SMILES string of the molecule is CN=C(NCc1ccccc1-n1ccnc1)NCC1(CCOC)CCCC1. The van der Waals surface area contributed by atoms with E-state index in [1.807, 2.05) is 30.2 Å². The summed E-state index contributed by atoms with van der Waals surface area (Å²) < 4.78 is 7.37. The van der Waals surface area contributed by atoms with Crippen molar-refractivity contribution in [3.63, 3.8) is 0 Å². The van der Waals surface area contributed by atoms with Crippen molar-refractivity contribution in [2.75, 3.05) is 27.3 Å². The Morgan fingerprint density at radius 2 is 2.07 bits per heavy atom. The number of nitrogens with zero attached hydrogens (tertiary/aromatic N) is 3. The summed E-state index contributed by atoms with van der Waals surface area (Å²) in [7, 11) is 3.61. The third kappa shape index (κ3) is 5.10. The lowest BCUT2D eigenvalue weighted by Crippen LogP contribution is -2.43. The van der Waals surface area contributed by atoms with Crippen LogP contribution in [0.2, 0.25) is 0 Å². The lowest BCUT2D eigenvalue weighted by molar-refractivity contribution is 0.138. The predicted octanol–water partition coefficient (Wildman–Crippen LogP) is 3.13. The molecule has 0 spiro atoms. The minimum absolute atomic E-state index is 0.336. The van der Waals surface area contributed by atoms with Crippen LogP contribution in [0.3, 0.4) is 0 Å². The van der Waals surface area contributed by atoms with Gasteiger partial charge in [-0.3, -0.25) is 4.99 Å². The summed E-state index contributed by atoms with van der Waals surface area (Å²) in [6.07, 6.45) is 11.9. The number of aliphatic imine (C=N–C) groups is 1. The second-order valence-electron chi connectivity index (χ2n) is 7.33. The molecule has 1 aromatic heterocycles. The van der Waals surface area contributed by atoms with Crippen molar-refractivity contribution in [2.24, 2.45) is 10.4 Å². The third-order valence-corrected chi connectivity index (χ3v) is 5.58. The van der Waals surface area contributed by atoms with Gasteiger partial charge in [0.05, 0.1) is 12.0 Å². The molecule has 27 heavy (non-hydrogen) atoms. The minimum atomic E-state index is 0.336. The van der Waals surface area contributed by atoms with E-state index in [4.69, 9.17) is 4.74 Å². The number of hydrogen-bond acceptors (Lipinski definition) is 3. The van der Waals surface area contributed by atoms with E-state index in [-0.39, 0.29) is 0 Å². The van der Waals surface area contributed by atoms with Crippen LogP contribution in [-0.2, 0) is 11.3 Å². The van der Waals surface area contributed by atoms with Crippen LogP contribution in [0.5, 0.6) is 0 Å². The number of nitrogens with one attached hydrogen (secondary N) is 2. The topological polar surface area (TPSA) is 63.5 Å². The first-order valence-electron chi connectivity index (χ1n) is 9.76. The summed E-state index contributed by atoms with van der Waals surface area (Å²) >= 11 is 0. The van der Waals surface area contributed by atoms with E-state index in [1.54, 1.807) is 13.3 Å². The van der Waals surface area contributed by atoms with Crippen LogP contribution in [0.25, 0.3) is 5.69 Å². The number of para-hydroxylation sites is 1. The van der Waals surface area contributed by atoms with Crippen LogP contribution in [0.1, 0.15) is 37.7 Å². The Morgan fingerprint density at radius 1 is 1.26 bits per heavy atom. The van der Waals surface area contributed by atoms with Gasteiger partial charge >= 0.3 is 0 Å². The number of ether oxygens (including phenoxy) is 1. The van der Waals surface area contributed by atoms with Gasteiger partial charge in [0, 0.05) is 46.2 Å². The van der Waals surface area contributed by atoms with Crippen molar-refractivity contribution < 1.29 is 4.74 Å². The van der Waals surface area contributed by atoms with Crippen molar-refractivity contribution >= 4 is 5.96 Å². The van der Waals surface area contributed by atoms with Crippen LogP contribution >= 0.6 is 0 Å². The van der Waals surface area contributed by atoms with Gasteiger partial charge in [0.1, 0.15) is 0 Å². The smallest absolute Gasteiger partial charge is 0.191 e. The van der Waals surface area contributed by atoms with Gasteiger partial charge in [-0.25, -0.2) is 4.98 Å². The van der Waals surface area contributed by atoms with Crippen LogP contribution in [0.4, 0.5) is 0 Å². The summed E-state index contributed by atoms with van der Waals surface area (Å²) in [5.41, 5.74) is 2.67. The molecule has 0 aliphatic heterocycles. The quantitative estimate of drug-likeness (QED) is 0.554. The van der Waals surface area contributed by atoms with Crippen molar-refractivity contribution in [1.82, 2.24) is 20.2 Å². The molecular formula is C21H31N5O. The molecule has 1 fully saturated rings. The van der Waals surface area contributed by atoms with Crippen LogP contribution in [0, 0.1) is 5.41 Å². The first kappa shape index (κ1) is 19.4. The Labute approximate surface area is 162 Å². The highest BCUT2D eigenvalue weighted by atomic mass is 16.5. The molecule has 0 bridgehead atoms. The summed E-state index contributed by atoms with van der Waals surface area (Å²) in [5, 5.41) is 7.01. The summed E-state index contributed by atoms with van der Waals surface area (Å²) in [5.74, 6) is 0.846. The van der Waals surface area contributed by atoms with E-state index in [0.29, 0.717) is 12.0 Å². The van der Waals surface area contributed by atoms with Crippen LogP contribution in [-0.4, -0.2) is 42.8 Å². The van der Waals surface area contributed by atoms with Gasteiger partial charge in [0.2, 0.25) is 0 Å². The van der Waals surface area contributed by atoms with Gasteiger partial charge in [-0.05, 0) is 36.3 Å². The number of hydrogen-bond donors (Lipinski definition) is 2. The standard InChI is InChI=1S/C21H31N5O/c1-22-20(25-16-21(11-14-27-2)9-5-6-10-21)24-15-18-7-3-4-8-19(18)26-13-12-23-17-26/h3-4,7-8,12-13,17H,5-6,9-11,14-16H2,1-2H3,(H2,22,24,25). The van der Waals surface area contributed by atoms with E-state index < -0.39 is 0 Å². The van der Waals surface area contributed by atoms with Gasteiger partial charge < -0.3 is 19.9 Å². The summed E-state index contributed by atoms with van der Waals surface area (Å²) in [4.78, 5) is 8.56. The van der Waals surface area contributed by atoms with E-state index in [9.17, 15) is 0 Å². The highest BCUT2D eigenvalue weighted by Gasteiger charge is 2.33. The van der Waals surface area contributed by atoms with Gasteiger partial charge in [0.25, 0.3) is 0 Å². The Bertz CT molecular complexity index is 720. The number of rotatable bonds is 8. The highest BCUT2D eigenvalue weighted by Crippen LogP contribution is 2.40. The summed E-state index contributed by atoms with van der Waals surface area (Å²) in [6.45, 7) is 2.48. The monoisotopic (exact) mass is 369 g/mol. The van der Waals surface area contributed by atoms with Crippen molar-refractivity contribution in [1.29, 1.82) is 0 Å². The molecule has 3 rings (SSSR count). The third-order valence-electron chi connectivity index (χ3n) is 5.58. The lowest BCUT2D eigenvalue weighted by Gasteiger charge is -2.30. The Kier molecular flexibility index (Phi) is 6.87. The fourth-order valence-corrected chi connectivity index (χ4v) is 3.94. The molecule has 2 N–H and O–H groups in total. The fourth-order valence-electron chi connectivity index (χ4n) is 3.94. The molecule has 146 valence electrons. The predicted molar refractivity (Wildman–Crippen MR) is 109 cm³/mol. The molecule has 1 aliphatic carbocycles. The maximum absolute atomic E-state index is 5.33. The number of benzene rings is 1. The Balaban J connectivity index is 1.59. The number of guanidine groups is 1. The van der Waals surface area contributed by atoms with Crippen molar-refractivity contribution in [2.45, 2.75) is 38.6 Å². The fraction of sp³-hybridized carbons (Fsp3) is 0.524. The molecule has 0 saturated heterocycles. The molecule has 2 aromatic rings. The largest absolute Gasteiger partial charge is 0.385 e. The van der Waals surface area contributed by atoms with E-state index >= 15 is 0 Å². The molecule has 1 aromatic carbocycles. The van der Waals surface area contributed by atoms with Gasteiger partial charge in [-0.2, -0.15) is 0 Å². The van der Waals surface area contributed by atoms with E-state index in [2.05, 4.69) is 38.8 Å². The average Bonchev–Trinajstić information content (AvgIpc) is 3.40. The number of imidazole rings is 1. The maximum Gasteiger partial charge on any atom is 0.191 e. The molecule has 6 nitrogen and oxygen atoms in total. The van der Waals surface area contributed by atoms with Crippen LogP contribution in [0.15, 0.2) is 48.0 Å². The van der Waals surface area contributed by atoms with Crippen molar-refractivity contribution in [3.8, 4) is 5.69 Å². The van der Waals surface area contributed by atoms with Crippen molar-refractivity contribution in [3.05, 3.63) is 48.5 Å². The second-order valence-corrected chi connectivity index (χ2v) is 7.33. The molecule has 0 radical (unpaired) electrons. The second kappa shape index (κ2) is 9.55. The zero-order valence-electron chi connectivity index (χ0n) is 16.4. The normalized spacial score (nSPS) is 16.4. The Hall–Kier alpha value is -2.34. The molecule has 0 amide bonds. The van der Waals surface area contributed by atoms with Crippen LogP contribution < -0.4 is 10.6 Å². The molecule has 0 unspecified atom stereocenters. The minimum Gasteiger partial charge on any atom is -0.385 e. The Morgan fingerprint density at radius 3 is 2.78 bits per heavy atom. The maximum atomic E-state index is 5.33. The molecule has 1 heterocycles. The van der Waals surface area contributed by atoms with E-state index in [1.165, 1.54) is 31.2 Å². The summed E-state index contributed by atoms with van der Waals surface area (Å²) in [6, 6.07) is 8.34. The first-order chi connectivity index (χ1) is 13.3. The number of methoxy groups -OCH3 is 1.